The highest BCUT2D eigenvalue weighted by atomic mass is 19.1. The first-order valence-corrected chi connectivity index (χ1v) is 8.65. The quantitative estimate of drug-likeness (QED) is 0.751. The van der Waals surface area contributed by atoms with Crippen molar-refractivity contribution in [2.75, 3.05) is 11.1 Å². The molecule has 1 aliphatic carbocycles. The number of nitrogens with zero attached hydrogens (tertiary/aromatic N) is 3. The number of aryl methyl sites for hydroxylation is 1. The summed E-state index contributed by atoms with van der Waals surface area (Å²) in [5.74, 6) is -0.554. The standard InChI is InChI=1S/C19H20FN5O/c1-10-4-3-5-12-8-15(25(13-6-7-13)18(26)16(10)12)11(2)23-17-14(20)9-22-19(21)24-17/h3-5,8-9,11,13H,6-7H2,1-2H3,(H3,21,22,23,24). The molecule has 0 amide bonds. The molecule has 26 heavy (non-hydrogen) atoms. The van der Waals surface area contributed by atoms with Crippen LogP contribution in [0.5, 0.6) is 0 Å². The number of nitrogen functional groups attached to an aromatic ring is 1. The molecule has 0 saturated heterocycles. The van der Waals surface area contributed by atoms with Crippen molar-refractivity contribution in [3.05, 3.63) is 57.9 Å². The van der Waals surface area contributed by atoms with Gasteiger partial charge in [-0.15, -0.1) is 0 Å². The second kappa shape index (κ2) is 6.09. The first-order valence-electron chi connectivity index (χ1n) is 8.65. The van der Waals surface area contributed by atoms with Gasteiger partial charge in [-0.25, -0.2) is 9.37 Å². The lowest BCUT2D eigenvalue weighted by Crippen LogP contribution is -2.27. The van der Waals surface area contributed by atoms with E-state index in [9.17, 15) is 9.18 Å². The number of aromatic nitrogens is 3. The van der Waals surface area contributed by atoms with Gasteiger partial charge in [-0.05, 0) is 43.7 Å². The minimum absolute atomic E-state index is 0.00480. The van der Waals surface area contributed by atoms with Crippen LogP contribution in [0.15, 0.2) is 35.3 Å². The Balaban J connectivity index is 1.84. The Bertz CT molecular complexity index is 1060. The number of pyridine rings is 1. The number of nitrogens with one attached hydrogen (secondary N) is 1. The van der Waals surface area contributed by atoms with E-state index in [0.717, 1.165) is 41.1 Å². The van der Waals surface area contributed by atoms with E-state index < -0.39 is 5.82 Å². The molecule has 1 unspecified atom stereocenters. The first-order chi connectivity index (χ1) is 12.5. The molecule has 0 bridgehead atoms. The third-order valence-electron chi connectivity index (χ3n) is 4.79. The summed E-state index contributed by atoms with van der Waals surface area (Å²) in [6.45, 7) is 3.83. The van der Waals surface area contributed by atoms with Crippen molar-refractivity contribution in [2.45, 2.75) is 38.8 Å². The molecule has 2 aromatic heterocycles. The highest BCUT2D eigenvalue weighted by Gasteiger charge is 2.29. The van der Waals surface area contributed by atoms with Crippen LogP contribution >= 0.6 is 0 Å². The van der Waals surface area contributed by atoms with Crippen LogP contribution in [-0.4, -0.2) is 14.5 Å². The summed E-state index contributed by atoms with van der Waals surface area (Å²) in [7, 11) is 0. The monoisotopic (exact) mass is 353 g/mol. The zero-order chi connectivity index (χ0) is 18.4. The van der Waals surface area contributed by atoms with Crippen molar-refractivity contribution in [1.82, 2.24) is 14.5 Å². The van der Waals surface area contributed by atoms with Crippen LogP contribution in [0.2, 0.25) is 0 Å². The van der Waals surface area contributed by atoms with Crippen molar-refractivity contribution in [3.63, 3.8) is 0 Å². The van der Waals surface area contributed by atoms with Gasteiger partial charge in [0, 0.05) is 11.7 Å². The molecule has 0 aliphatic heterocycles. The van der Waals surface area contributed by atoms with Gasteiger partial charge >= 0.3 is 0 Å². The minimum Gasteiger partial charge on any atom is -0.368 e. The topological polar surface area (TPSA) is 85.8 Å². The molecular weight excluding hydrogens is 333 g/mol. The maximum Gasteiger partial charge on any atom is 0.259 e. The first kappa shape index (κ1) is 16.5. The lowest BCUT2D eigenvalue weighted by Gasteiger charge is -2.21. The van der Waals surface area contributed by atoms with E-state index in [0.29, 0.717) is 0 Å². The van der Waals surface area contributed by atoms with Gasteiger partial charge in [-0.2, -0.15) is 4.98 Å². The van der Waals surface area contributed by atoms with E-state index in [4.69, 9.17) is 5.73 Å². The number of rotatable bonds is 4. The number of anilines is 2. The van der Waals surface area contributed by atoms with Crippen LogP contribution in [0, 0.1) is 12.7 Å². The predicted molar refractivity (Wildman–Crippen MR) is 99.7 cm³/mol. The maximum absolute atomic E-state index is 14.0. The number of hydrogen-bond donors (Lipinski definition) is 2. The number of benzene rings is 1. The largest absolute Gasteiger partial charge is 0.368 e. The summed E-state index contributed by atoms with van der Waals surface area (Å²) in [5, 5.41) is 4.66. The van der Waals surface area contributed by atoms with E-state index in [1.54, 1.807) is 0 Å². The fraction of sp³-hybridized carbons (Fsp3) is 0.316. The third-order valence-corrected chi connectivity index (χ3v) is 4.79. The van der Waals surface area contributed by atoms with Gasteiger partial charge in [0.2, 0.25) is 5.95 Å². The Labute approximate surface area is 149 Å². The lowest BCUT2D eigenvalue weighted by molar-refractivity contribution is 0.604. The molecule has 3 N–H and O–H groups in total. The Morgan fingerprint density at radius 1 is 1.38 bits per heavy atom. The van der Waals surface area contributed by atoms with Crippen LogP contribution in [0.25, 0.3) is 10.8 Å². The minimum atomic E-state index is -0.581. The molecule has 1 fully saturated rings. The van der Waals surface area contributed by atoms with Crippen molar-refractivity contribution < 1.29 is 4.39 Å². The van der Waals surface area contributed by atoms with E-state index in [1.165, 1.54) is 0 Å². The second-order valence-corrected chi connectivity index (χ2v) is 6.81. The normalized spacial score (nSPS) is 15.2. The SMILES string of the molecule is Cc1cccc2cc(C(C)Nc3nc(N)ncc3F)n(C3CC3)c(=O)c12. The fourth-order valence-electron chi connectivity index (χ4n) is 3.37. The molecule has 2 heterocycles. The zero-order valence-corrected chi connectivity index (χ0v) is 14.7. The highest BCUT2D eigenvalue weighted by Crippen LogP contribution is 2.37. The van der Waals surface area contributed by atoms with Crippen LogP contribution in [-0.2, 0) is 0 Å². The molecule has 0 spiro atoms. The molecule has 1 aliphatic rings. The summed E-state index contributed by atoms with van der Waals surface area (Å²) in [5.41, 5.74) is 7.34. The van der Waals surface area contributed by atoms with Crippen molar-refractivity contribution in [2.24, 2.45) is 0 Å². The molecule has 0 radical (unpaired) electrons. The molecule has 4 rings (SSSR count). The van der Waals surface area contributed by atoms with Crippen molar-refractivity contribution in [1.29, 1.82) is 0 Å². The van der Waals surface area contributed by atoms with Crippen molar-refractivity contribution >= 4 is 22.5 Å². The van der Waals surface area contributed by atoms with Gasteiger partial charge in [0.15, 0.2) is 11.6 Å². The van der Waals surface area contributed by atoms with Gasteiger partial charge in [0.1, 0.15) is 0 Å². The molecule has 3 aromatic rings. The summed E-state index contributed by atoms with van der Waals surface area (Å²) in [6, 6.07) is 7.69. The predicted octanol–water partition coefficient (Wildman–Crippen LogP) is 3.33. The van der Waals surface area contributed by atoms with Gasteiger partial charge in [-0.1, -0.05) is 18.2 Å². The van der Waals surface area contributed by atoms with Gasteiger partial charge in [0.05, 0.1) is 17.6 Å². The van der Waals surface area contributed by atoms with E-state index in [-0.39, 0.29) is 29.4 Å². The smallest absolute Gasteiger partial charge is 0.259 e. The Hall–Kier alpha value is -2.96. The van der Waals surface area contributed by atoms with Crippen LogP contribution in [0.3, 0.4) is 0 Å². The van der Waals surface area contributed by atoms with Gasteiger partial charge < -0.3 is 15.6 Å². The van der Waals surface area contributed by atoms with Crippen molar-refractivity contribution in [3.8, 4) is 0 Å². The molecule has 7 heteroatoms. The second-order valence-electron chi connectivity index (χ2n) is 6.81. The zero-order valence-electron chi connectivity index (χ0n) is 14.7. The average molecular weight is 353 g/mol. The number of hydrogen-bond acceptors (Lipinski definition) is 5. The number of nitrogens with two attached hydrogens (primary N) is 1. The third kappa shape index (κ3) is 2.79. The van der Waals surface area contributed by atoms with Crippen LogP contribution < -0.4 is 16.6 Å². The molecule has 1 aromatic carbocycles. The maximum atomic E-state index is 14.0. The highest BCUT2D eigenvalue weighted by molar-refractivity contribution is 5.85. The molecule has 1 atom stereocenters. The number of halogens is 1. The summed E-state index contributed by atoms with van der Waals surface area (Å²) in [6.07, 6.45) is 2.99. The Morgan fingerprint density at radius 3 is 2.88 bits per heavy atom. The summed E-state index contributed by atoms with van der Waals surface area (Å²) >= 11 is 0. The van der Waals surface area contributed by atoms with Crippen LogP contribution in [0.4, 0.5) is 16.2 Å². The Morgan fingerprint density at radius 2 is 2.15 bits per heavy atom. The molecule has 1 saturated carbocycles. The molecule has 6 nitrogen and oxygen atoms in total. The van der Waals surface area contributed by atoms with E-state index in [2.05, 4.69) is 15.3 Å². The Kier molecular flexibility index (Phi) is 3.86. The van der Waals surface area contributed by atoms with E-state index >= 15 is 0 Å². The number of fused-ring (bicyclic) bond motifs is 1. The summed E-state index contributed by atoms with van der Waals surface area (Å²) in [4.78, 5) is 20.7. The average Bonchev–Trinajstić information content (AvgIpc) is 3.42. The van der Waals surface area contributed by atoms with E-state index in [1.807, 2.05) is 42.7 Å². The van der Waals surface area contributed by atoms with Gasteiger partial charge in [0.25, 0.3) is 5.56 Å². The molecular formula is C19H20FN5O. The molecule has 134 valence electrons. The fourth-order valence-corrected chi connectivity index (χ4v) is 3.37. The van der Waals surface area contributed by atoms with Crippen LogP contribution in [0.1, 0.15) is 43.1 Å². The van der Waals surface area contributed by atoms with Gasteiger partial charge in [-0.3, -0.25) is 4.79 Å². The lowest BCUT2D eigenvalue weighted by atomic mass is 10.0. The summed E-state index contributed by atoms with van der Waals surface area (Å²) < 4.78 is 15.8.